The van der Waals surface area contributed by atoms with Gasteiger partial charge >= 0.3 is 0 Å². The summed E-state index contributed by atoms with van der Waals surface area (Å²) in [6, 6.07) is 14.0. The lowest BCUT2D eigenvalue weighted by Crippen LogP contribution is -2.48. The van der Waals surface area contributed by atoms with E-state index in [0.29, 0.717) is 26.2 Å². The number of amides is 1. The molecule has 0 spiro atoms. The number of sulfonamides is 1. The van der Waals surface area contributed by atoms with E-state index in [-0.39, 0.29) is 16.2 Å². The number of carbonyl (C=O) groups is 1. The van der Waals surface area contributed by atoms with Gasteiger partial charge in [-0.15, -0.1) is 0 Å². The Labute approximate surface area is 153 Å². The summed E-state index contributed by atoms with van der Waals surface area (Å²) in [5.41, 5.74) is 6.46. The van der Waals surface area contributed by atoms with Crippen molar-refractivity contribution < 1.29 is 17.9 Å². The number of carbonyl (C=O) groups excluding carboxylic acids is 1. The summed E-state index contributed by atoms with van der Waals surface area (Å²) in [7, 11) is -2.30. The molecule has 0 saturated carbocycles. The van der Waals surface area contributed by atoms with Crippen LogP contribution in [0.4, 0.5) is 5.69 Å². The van der Waals surface area contributed by atoms with Crippen LogP contribution in [0.25, 0.3) is 0 Å². The molecule has 0 aromatic heterocycles. The number of nitrogens with two attached hydrogens (primary N) is 1. The summed E-state index contributed by atoms with van der Waals surface area (Å²) < 4.78 is 32.3. The van der Waals surface area contributed by atoms with Crippen molar-refractivity contribution in [1.29, 1.82) is 0 Å². The molecule has 8 heteroatoms. The van der Waals surface area contributed by atoms with Crippen molar-refractivity contribution in [3.8, 4) is 5.75 Å². The monoisotopic (exact) mass is 375 g/mol. The van der Waals surface area contributed by atoms with Crippen molar-refractivity contribution in [3.63, 3.8) is 0 Å². The molecule has 1 heterocycles. The number of anilines is 1. The maximum atomic E-state index is 12.9. The van der Waals surface area contributed by atoms with Crippen LogP contribution in [0.2, 0.25) is 0 Å². The average molecular weight is 375 g/mol. The standard InChI is InChI=1S/C18H21N3O4S/c1-25-17-8-7-15(13-16(17)18(19)22)26(23,24)21-11-9-20(10-12-21)14-5-3-2-4-6-14/h2-8,13H,9-12H2,1H3,(H2,19,22). The van der Waals surface area contributed by atoms with Crippen molar-refractivity contribution in [1.82, 2.24) is 4.31 Å². The van der Waals surface area contributed by atoms with Gasteiger partial charge < -0.3 is 15.4 Å². The predicted molar refractivity (Wildman–Crippen MR) is 98.9 cm³/mol. The average Bonchev–Trinajstić information content (AvgIpc) is 2.68. The van der Waals surface area contributed by atoms with Crippen LogP contribution in [-0.4, -0.2) is 51.9 Å². The number of ether oxygens (including phenoxy) is 1. The lowest BCUT2D eigenvalue weighted by Gasteiger charge is -2.35. The van der Waals surface area contributed by atoms with E-state index in [2.05, 4.69) is 4.90 Å². The molecule has 1 aliphatic rings. The van der Waals surface area contributed by atoms with Gasteiger partial charge in [0.05, 0.1) is 17.6 Å². The second kappa shape index (κ2) is 7.35. The lowest BCUT2D eigenvalue weighted by atomic mass is 10.2. The number of nitrogens with zero attached hydrogens (tertiary/aromatic N) is 2. The highest BCUT2D eigenvalue weighted by atomic mass is 32.2. The van der Waals surface area contributed by atoms with E-state index < -0.39 is 15.9 Å². The summed E-state index contributed by atoms with van der Waals surface area (Å²) >= 11 is 0. The summed E-state index contributed by atoms with van der Waals surface area (Å²) in [6.45, 7) is 1.94. The van der Waals surface area contributed by atoms with Crippen molar-refractivity contribution in [3.05, 3.63) is 54.1 Å². The fourth-order valence-electron chi connectivity index (χ4n) is 3.01. The third-order valence-electron chi connectivity index (χ3n) is 4.43. The minimum Gasteiger partial charge on any atom is -0.496 e. The topological polar surface area (TPSA) is 92.9 Å². The van der Waals surface area contributed by atoms with Crippen LogP contribution in [-0.2, 0) is 10.0 Å². The first-order valence-corrected chi connectivity index (χ1v) is 9.65. The molecule has 1 aliphatic heterocycles. The Hall–Kier alpha value is -2.58. The van der Waals surface area contributed by atoms with Crippen LogP contribution >= 0.6 is 0 Å². The molecule has 0 bridgehead atoms. The van der Waals surface area contributed by atoms with Crippen molar-refractivity contribution in [2.24, 2.45) is 5.73 Å². The number of methoxy groups -OCH3 is 1. The van der Waals surface area contributed by atoms with Gasteiger partial charge in [-0.1, -0.05) is 18.2 Å². The molecule has 26 heavy (non-hydrogen) atoms. The number of benzene rings is 2. The first-order chi connectivity index (χ1) is 12.4. The molecule has 2 N–H and O–H groups in total. The number of hydrogen-bond donors (Lipinski definition) is 1. The molecule has 0 unspecified atom stereocenters. The van der Waals surface area contributed by atoms with Crippen LogP contribution < -0.4 is 15.4 Å². The summed E-state index contributed by atoms with van der Waals surface area (Å²) in [6.07, 6.45) is 0. The zero-order valence-corrected chi connectivity index (χ0v) is 15.3. The maximum Gasteiger partial charge on any atom is 0.252 e. The van der Waals surface area contributed by atoms with E-state index in [9.17, 15) is 13.2 Å². The van der Waals surface area contributed by atoms with Crippen LogP contribution in [0.5, 0.6) is 5.75 Å². The molecule has 7 nitrogen and oxygen atoms in total. The molecule has 0 aliphatic carbocycles. The largest absolute Gasteiger partial charge is 0.496 e. The van der Waals surface area contributed by atoms with Crippen molar-refractivity contribution in [2.45, 2.75) is 4.90 Å². The number of hydrogen-bond acceptors (Lipinski definition) is 5. The van der Waals surface area contributed by atoms with E-state index in [1.807, 2.05) is 30.3 Å². The first kappa shape index (κ1) is 18.2. The molecule has 1 saturated heterocycles. The van der Waals surface area contributed by atoms with Crippen LogP contribution in [0.15, 0.2) is 53.4 Å². The SMILES string of the molecule is COc1ccc(S(=O)(=O)N2CCN(c3ccccc3)CC2)cc1C(N)=O. The van der Waals surface area contributed by atoms with Crippen LogP contribution in [0, 0.1) is 0 Å². The molecule has 1 fully saturated rings. The van der Waals surface area contributed by atoms with Crippen LogP contribution in [0.3, 0.4) is 0 Å². The fraction of sp³-hybridized carbons (Fsp3) is 0.278. The fourth-order valence-corrected chi connectivity index (χ4v) is 4.46. The van der Waals surface area contributed by atoms with Gasteiger partial charge in [-0.2, -0.15) is 4.31 Å². The number of piperazine rings is 1. The van der Waals surface area contributed by atoms with Gasteiger partial charge in [0, 0.05) is 31.9 Å². The van der Waals surface area contributed by atoms with Gasteiger partial charge in [0.25, 0.3) is 5.91 Å². The number of rotatable bonds is 5. The molecule has 0 radical (unpaired) electrons. The summed E-state index contributed by atoms with van der Waals surface area (Å²) in [4.78, 5) is 13.8. The second-order valence-electron chi connectivity index (χ2n) is 5.95. The minimum absolute atomic E-state index is 0.0419. The molecule has 2 aromatic carbocycles. The van der Waals surface area contributed by atoms with Gasteiger partial charge in [-0.25, -0.2) is 8.42 Å². The third-order valence-corrected chi connectivity index (χ3v) is 6.33. The maximum absolute atomic E-state index is 12.9. The van der Waals surface area contributed by atoms with E-state index in [0.717, 1.165) is 5.69 Å². The van der Waals surface area contributed by atoms with Gasteiger partial charge in [0.1, 0.15) is 5.75 Å². The van der Waals surface area contributed by atoms with E-state index in [1.54, 1.807) is 0 Å². The van der Waals surface area contributed by atoms with Crippen LogP contribution in [0.1, 0.15) is 10.4 Å². The highest BCUT2D eigenvalue weighted by Gasteiger charge is 2.29. The highest BCUT2D eigenvalue weighted by molar-refractivity contribution is 7.89. The van der Waals surface area contributed by atoms with E-state index in [1.165, 1.54) is 29.6 Å². The zero-order valence-electron chi connectivity index (χ0n) is 14.5. The Morgan fingerprint density at radius 1 is 1.04 bits per heavy atom. The molecular formula is C18H21N3O4S. The van der Waals surface area contributed by atoms with E-state index >= 15 is 0 Å². The normalized spacial score (nSPS) is 15.7. The molecule has 2 aromatic rings. The number of para-hydroxylation sites is 1. The molecule has 1 amide bonds. The number of primary amides is 1. The summed E-state index contributed by atoms with van der Waals surface area (Å²) in [5.74, 6) is -0.474. The lowest BCUT2D eigenvalue weighted by molar-refractivity contribution is 0.0997. The second-order valence-corrected chi connectivity index (χ2v) is 7.89. The molecule has 3 rings (SSSR count). The Bertz CT molecular complexity index is 892. The van der Waals surface area contributed by atoms with Gasteiger partial charge in [-0.05, 0) is 30.3 Å². The predicted octanol–water partition coefficient (Wildman–Crippen LogP) is 1.31. The van der Waals surface area contributed by atoms with E-state index in [4.69, 9.17) is 10.5 Å². The minimum atomic E-state index is -3.71. The Kier molecular flexibility index (Phi) is 5.15. The third kappa shape index (κ3) is 3.51. The van der Waals surface area contributed by atoms with Gasteiger partial charge in [0.15, 0.2) is 0 Å². The Balaban J connectivity index is 1.79. The molecule has 138 valence electrons. The molecule has 0 atom stereocenters. The smallest absolute Gasteiger partial charge is 0.252 e. The summed E-state index contributed by atoms with van der Waals surface area (Å²) in [5, 5.41) is 0. The zero-order chi connectivity index (χ0) is 18.7. The van der Waals surface area contributed by atoms with Crippen molar-refractivity contribution >= 4 is 21.6 Å². The quantitative estimate of drug-likeness (QED) is 0.850. The molecular weight excluding hydrogens is 354 g/mol. The van der Waals surface area contributed by atoms with Gasteiger partial charge in [0.2, 0.25) is 10.0 Å². The highest BCUT2D eigenvalue weighted by Crippen LogP contribution is 2.25. The Morgan fingerprint density at radius 2 is 1.69 bits per heavy atom. The first-order valence-electron chi connectivity index (χ1n) is 8.21. The van der Waals surface area contributed by atoms with Gasteiger partial charge in [-0.3, -0.25) is 4.79 Å². The van der Waals surface area contributed by atoms with Crippen molar-refractivity contribution in [2.75, 3.05) is 38.2 Å². The Morgan fingerprint density at radius 3 is 2.27 bits per heavy atom.